The molecule has 1 aliphatic carbocycles. The Balaban J connectivity index is 2.22. The Morgan fingerprint density at radius 1 is 1.43 bits per heavy atom. The predicted molar refractivity (Wildman–Crippen MR) is 89.6 cm³/mol. The highest BCUT2D eigenvalue weighted by Gasteiger charge is 2.40. The number of ketones is 1. The van der Waals surface area contributed by atoms with E-state index in [1.807, 2.05) is 20.8 Å². The van der Waals surface area contributed by atoms with E-state index in [9.17, 15) is 4.79 Å². The Morgan fingerprint density at radius 2 is 2.10 bits per heavy atom. The fourth-order valence-electron chi connectivity index (χ4n) is 2.37. The monoisotopic (exact) mass is 310 g/mol. The number of Topliss-reactive ketones (excluding diaryl/α,β-unsaturated/α-hetero) is 1. The van der Waals surface area contributed by atoms with Gasteiger partial charge in [0.15, 0.2) is 11.5 Å². The van der Waals surface area contributed by atoms with Gasteiger partial charge in [-0.3, -0.25) is 4.79 Å². The minimum atomic E-state index is 0.0353. The van der Waals surface area contributed by atoms with Crippen LogP contribution in [0.3, 0.4) is 0 Å². The number of hydrogen-bond donors (Lipinski definition) is 2. The highest BCUT2D eigenvalue weighted by atomic mass is 32.1. The predicted octanol–water partition coefficient (Wildman–Crippen LogP) is 4.31. The van der Waals surface area contributed by atoms with Crippen LogP contribution in [0.15, 0.2) is 0 Å². The lowest BCUT2D eigenvalue weighted by molar-refractivity contribution is 0.0992. The van der Waals surface area contributed by atoms with Crippen LogP contribution in [0.1, 0.15) is 63.0 Å². The van der Waals surface area contributed by atoms with Gasteiger partial charge in [0.2, 0.25) is 0 Å². The maximum atomic E-state index is 12.0. The first-order valence-corrected chi connectivity index (χ1v) is 8.60. The van der Waals surface area contributed by atoms with E-state index in [0.29, 0.717) is 28.1 Å². The van der Waals surface area contributed by atoms with E-state index >= 15 is 0 Å². The normalized spacial score (nSPS) is 16.0. The zero-order chi connectivity index (χ0) is 15.6. The zero-order valence-corrected chi connectivity index (χ0v) is 14.2. The average Bonchev–Trinajstić information content (AvgIpc) is 3.18. The Hall–Kier alpha value is -1.23. The van der Waals surface area contributed by atoms with Gasteiger partial charge >= 0.3 is 0 Å². The van der Waals surface area contributed by atoms with Gasteiger partial charge in [-0.15, -0.1) is 11.3 Å². The number of hydrogen-bond acceptors (Lipinski definition) is 5. The molecule has 0 aliphatic heterocycles. The van der Waals surface area contributed by atoms with Crippen LogP contribution >= 0.6 is 11.3 Å². The SMILES string of the molecule is CCC(=O)c1sc(NCC2(CC)CC2)c(OC(C)C)c1N. The molecule has 0 amide bonds. The quantitative estimate of drug-likeness (QED) is 0.702. The van der Waals surface area contributed by atoms with Gasteiger partial charge in [0.25, 0.3) is 0 Å². The molecule has 3 N–H and O–H groups in total. The molecule has 21 heavy (non-hydrogen) atoms. The number of carbonyl (C=O) groups is 1. The molecule has 1 aromatic rings. The van der Waals surface area contributed by atoms with E-state index in [1.54, 1.807) is 0 Å². The Labute approximate surface area is 131 Å². The molecule has 1 heterocycles. The van der Waals surface area contributed by atoms with Gasteiger partial charge in [0, 0.05) is 13.0 Å². The van der Waals surface area contributed by atoms with Crippen molar-refractivity contribution in [1.29, 1.82) is 0 Å². The van der Waals surface area contributed by atoms with Crippen molar-refractivity contribution in [3.8, 4) is 5.75 Å². The minimum absolute atomic E-state index is 0.0353. The van der Waals surface area contributed by atoms with E-state index in [0.717, 1.165) is 11.5 Å². The van der Waals surface area contributed by atoms with Crippen molar-refractivity contribution in [3.05, 3.63) is 4.88 Å². The summed E-state index contributed by atoms with van der Waals surface area (Å²) in [6.07, 6.45) is 4.23. The standard InChI is InChI=1S/C16H26N2O2S/c1-5-11(19)14-12(17)13(20-10(3)4)15(21-14)18-9-16(6-2)7-8-16/h10,18H,5-9,17H2,1-4H3. The third kappa shape index (κ3) is 3.51. The molecule has 0 atom stereocenters. The number of rotatable bonds is 8. The van der Waals surface area contributed by atoms with Gasteiger partial charge in [0.1, 0.15) is 5.00 Å². The highest BCUT2D eigenvalue weighted by Crippen LogP contribution is 2.50. The van der Waals surface area contributed by atoms with Crippen LogP contribution in [-0.2, 0) is 0 Å². The van der Waals surface area contributed by atoms with Crippen LogP contribution in [0.5, 0.6) is 5.75 Å². The number of nitrogen functional groups attached to an aromatic ring is 1. The Bertz CT molecular complexity index is 519. The molecule has 0 unspecified atom stereocenters. The first-order valence-electron chi connectivity index (χ1n) is 7.78. The van der Waals surface area contributed by atoms with Crippen LogP contribution < -0.4 is 15.8 Å². The van der Waals surface area contributed by atoms with Gasteiger partial charge in [0.05, 0.1) is 16.7 Å². The fourth-order valence-corrected chi connectivity index (χ4v) is 3.43. The lowest BCUT2D eigenvalue weighted by Gasteiger charge is -2.16. The molecular formula is C16H26N2O2S. The molecule has 0 radical (unpaired) electrons. The van der Waals surface area contributed by atoms with E-state index in [4.69, 9.17) is 10.5 Å². The summed E-state index contributed by atoms with van der Waals surface area (Å²) in [4.78, 5) is 12.6. The Morgan fingerprint density at radius 3 is 2.57 bits per heavy atom. The molecule has 1 fully saturated rings. The average molecular weight is 310 g/mol. The minimum Gasteiger partial charge on any atom is -0.486 e. The van der Waals surface area contributed by atoms with Crippen molar-refractivity contribution < 1.29 is 9.53 Å². The van der Waals surface area contributed by atoms with Crippen molar-refractivity contribution in [2.24, 2.45) is 5.41 Å². The number of nitrogens with two attached hydrogens (primary N) is 1. The molecule has 1 saturated carbocycles. The number of anilines is 2. The first-order chi connectivity index (χ1) is 9.92. The van der Waals surface area contributed by atoms with Crippen LogP contribution in [0.2, 0.25) is 0 Å². The molecule has 5 heteroatoms. The molecule has 4 nitrogen and oxygen atoms in total. The number of thiophene rings is 1. The van der Waals surface area contributed by atoms with Gasteiger partial charge in [-0.2, -0.15) is 0 Å². The summed E-state index contributed by atoms with van der Waals surface area (Å²) >= 11 is 1.43. The zero-order valence-electron chi connectivity index (χ0n) is 13.4. The molecule has 1 aromatic heterocycles. The molecule has 0 saturated heterocycles. The smallest absolute Gasteiger partial charge is 0.177 e. The number of nitrogens with one attached hydrogen (secondary N) is 1. The second-order valence-electron chi connectivity index (χ2n) is 6.15. The summed E-state index contributed by atoms with van der Waals surface area (Å²) in [5.41, 5.74) is 7.06. The van der Waals surface area contributed by atoms with Crippen LogP contribution in [0, 0.1) is 5.41 Å². The fraction of sp³-hybridized carbons (Fsp3) is 0.688. The topological polar surface area (TPSA) is 64.3 Å². The third-order valence-corrected chi connectivity index (χ3v) is 5.34. The van der Waals surface area contributed by atoms with Crippen molar-refractivity contribution >= 4 is 27.8 Å². The molecule has 0 spiro atoms. The van der Waals surface area contributed by atoms with Crippen molar-refractivity contribution in [3.63, 3.8) is 0 Å². The Kier molecular flexibility index (Phi) is 4.81. The largest absolute Gasteiger partial charge is 0.486 e. The maximum absolute atomic E-state index is 12.0. The molecule has 0 bridgehead atoms. The van der Waals surface area contributed by atoms with E-state index in [1.165, 1.54) is 30.6 Å². The summed E-state index contributed by atoms with van der Waals surface area (Å²) < 4.78 is 5.84. The lowest BCUT2D eigenvalue weighted by atomic mass is 10.0. The van der Waals surface area contributed by atoms with Gasteiger partial charge in [-0.05, 0) is 38.5 Å². The molecule has 1 aliphatic rings. The molecule has 0 aromatic carbocycles. The maximum Gasteiger partial charge on any atom is 0.177 e. The lowest BCUT2D eigenvalue weighted by Crippen LogP contribution is -2.15. The van der Waals surface area contributed by atoms with Crippen molar-refractivity contribution in [2.75, 3.05) is 17.6 Å². The number of ether oxygens (including phenoxy) is 1. The third-order valence-electron chi connectivity index (χ3n) is 4.16. The first kappa shape index (κ1) is 16.1. The van der Waals surface area contributed by atoms with Crippen LogP contribution in [-0.4, -0.2) is 18.4 Å². The van der Waals surface area contributed by atoms with Gasteiger partial charge in [-0.25, -0.2) is 0 Å². The van der Waals surface area contributed by atoms with Crippen LogP contribution in [0.4, 0.5) is 10.7 Å². The van der Waals surface area contributed by atoms with Gasteiger partial charge in [-0.1, -0.05) is 13.8 Å². The highest BCUT2D eigenvalue weighted by molar-refractivity contribution is 7.19. The summed E-state index contributed by atoms with van der Waals surface area (Å²) in [6.45, 7) is 8.95. The van der Waals surface area contributed by atoms with Crippen molar-refractivity contribution in [1.82, 2.24) is 0 Å². The van der Waals surface area contributed by atoms with E-state index in [-0.39, 0.29) is 11.9 Å². The summed E-state index contributed by atoms with van der Waals surface area (Å²) in [6, 6.07) is 0. The van der Waals surface area contributed by atoms with E-state index < -0.39 is 0 Å². The van der Waals surface area contributed by atoms with Crippen LogP contribution in [0.25, 0.3) is 0 Å². The number of carbonyl (C=O) groups excluding carboxylic acids is 1. The molecule has 2 rings (SSSR count). The summed E-state index contributed by atoms with van der Waals surface area (Å²) in [5.74, 6) is 0.731. The van der Waals surface area contributed by atoms with Gasteiger partial charge < -0.3 is 15.8 Å². The summed E-state index contributed by atoms with van der Waals surface area (Å²) in [7, 11) is 0. The molecule has 118 valence electrons. The van der Waals surface area contributed by atoms with E-state index in [2.05, 4.69) is 12.2 Å². The van der Waals surface area contributed by atoms with Crippen molar-refractivity contribution in [2.45, 2.75) is 59.5 Å². The summed E-state index contributed by atoms with van der Waals surface area (Å²) in [5, 5.41) is 4.37. The molecular weight excluding hydrogens is 284 g/mol. The second kappa shape index (κ2) is 6.26. The second-order valence-corrected chi connectivity index (χ2v) is 7.17.